The average molecular weight is 384 g/mol. The summed E-state index contributed by atoms with van der Waals surface area (Å²) in [6.07, 6.45) is 1.26. The topological polar surface area (TPSA) is 106 Å². The van der Waals surface area contributed by atoms with Crippen LogP contribution in [0.15, 0.2) is 51.9 Å². The molecular weight excluding hydrogens is 364 g/mol. The summed E-state index contributed by atoms with van der Waals surface area (Å²) in [5, 5.41) is 19.5. The van der Waals surface area contributed by atoms with Gasteiger partial charge in [0.1, 0.15) is 40.1 Å². The normalized spacial score (nSPS) is 11.4. The van der Waals surface area contributed by atoms with E-state index in [4.69, 9.17) is 13.9 Å². The van der Waals surface area contributed by atoms with Gasteiger partial charge in [0.2, 0.25) is 5.43 Å². The zero-order valence-electron chi connectivity index (χ0n) is 15.7. The van der Waals surface area contributed by atoms with Gasteiger partial charge in [-0.05, 0) is 38.5 Å². The minimum atomic E-state index is -0.587. The lowest BCUT2D eigenvalue weighted by molar-refractivity contribution is -0.157. The molecule has 0 aliphatic carbocycles. The van der Waals surface area contributed by atoms with Gasteiger partial charge in [-0.25, -0.2) is 4.79 Å². The molecule has 146 valence electrons. The number of phenolic OH excluding ortho intramolecular Hbond substituents is 2. The number of benzene rings is 2. The fourth-order valence-electron chi connectivity index (χ4n) is 2.66. The van der Waals surface area contributed by atoms with E-state index in [9.17, 15) is 19.8 Å². The molecule has 0 saturated heterocycles. The first-order valence-electron chi connectivity index (χ1n) is 8.56. The molecule has 3 aromatic rings. The van der Waals surface area contributed by atoms with Crippen molar-refractivity contribution in [3.8, 4) is 28.4 Å². The van der Waals surface area contributed by atoms with Gasteiger partial charge in [-0.3, -0.25) is 4.79 Å². The third-order valence-electron chi connectivity index (χ3n) is 3.78. The van der Waals surface area contributed by atoms with Gasteiger partial charge in [0.05, 0.1) is 5.56 Å². The van der Waals surface area contributed by atoms with Crippen molar-refractivity contribution in [1.82, 2.24) is 0 Å². The van der Waals surface area contributed by atoms with E-state index in [2.05, 4.69) is 0 Å². The number of carbonyl (C=O) groups is 1. The van der Waals surface area contributed by atoms with Gasteiger partial charge in [-0.2, -0.15) is 0 Å². The Balaban J connectivity index is 1.81. The monoisotopic (exact) mass is 384 g/mol. The van der Waals surface area contributed by atoms with Gasteiger partial charge in [0.15, 0.2) is 6.61 Å². The molecule has 0 fully saturated rings. The third kappa shape index (κ3) is 4.25. The molecule has 0 amide bonds. The Morgan fingerprint density at radius 3 is 2.43 bits per heavy atom. The van der Waals surface area contributed by atoms with Crippen LogP contribution in [0.2, 0.25) is 0 Å². The lowest BCUT2D eigenvalue weighted by Gasteiger charge is -2.19. The van der Waals surface area contributed by atoms with E-state index in [1.54, 1.807) is 45.0 Å². The fraction of sp³-hybridized carbons (Fsp3) is 0.238. The zero-order chi connectivity index (χ0) is 20.5. The van der Waals surface area contributed by atoms with Crippen LogP contribution in [0, 0.1) is 0 Å². The molecule has 2 aromatic carbocycles. The van der Waals surface area contributed by atoms with Crippen LogP contribution in [0.4, 0.5) is 0 Å². The highest BCUT2D eigenvalue weighted by atomic mass is 16.6. The van der Waals surface area contributed by atoms with E-state index in [-0.39, 0.29) is 34.6 Å². The minimum Gasteiger partial charge on any atom is -0.508 e. The smallest absolute Gasteiger partial charge is 0.344 e. The SMILES string of the molecule is CC(C)(C)OC(=O)COc1ccc(-c2coc3cc(O)cc(O)c3c2=O)cc1. The second-order valence-electron chi connectivity index (χ2n) is 7.22. The molecule has 0 aliphatic rings. The Bertz CT molecular complexity index is 1070. The molecule has 7 heteroatoms. The number of hydrogen-bond donors (Lipinski definition) is 2. The molecule has 7 nitrogen and oxygen atoms in total. The van der Waals surface area contributed by atoms with Gasteiger partial charge in [0, 0.05) is 12.1 Å². The van der Waals surface area contributed by atoms with Gasteiger partial charge in [-0.15, -0.1) is 0 Å². The van der Waals surface area contributed by atoms with E-state index in [0.29, 0.717) is 11.3 Å². The van der Waals surface area contributed by atoms with Crippen LogP contribution in [0.3, 0.4) is 0 Å². The van der Waals surface area contributed by atoms with E-state index >= 15 is 0 Å². The summed E-state index contributed by atoms with van der Waals surface area (Å²) in [5.41, 5.74) is -0.138. The quantitative estimate of drug-likeness (QED) is 0.662. The Morgan fingerprint density at radius 2 is 1.79 bits per heavy atom. The van der Waals surface area contributed by atoms with Crippen molar-refractivity contribution in [2.75, 3.05) is 6.61 Å². The summed E-state index contributed by atoms with van der Waals surface area (Å²) in [5.74, 6) is -0.603. The van der Waals surface area contributed by atoms with Crippen molar-refractivity contribution >= 4 is 16.9 Å². The fourth-order valence-corrected chi connectivity index (χ4v) is 2.66. The number of hydrogen-bond acceptors (Lipinski definition) is 7. The van der Waals surface area contributed by atoms with Crippen molar-refractivity contribution in [3.05, 3.63) is 52.9 Å². The number of aromatic hydroxyl groups is 2. The van der Waals surface area contributed by atoms with Crippen LogP contribution in [-0.2, 0) is 9.53 Å². The number of rotatable bonds is 4. The standard InChI is InChI=1S/C21H20O7/c1-21(2,3)28-18(24)11-26-14-6-4-12(5-7-14)15-10-27-17-9-13(22)8-16(23)19(17)20(15)25/h4-10,22-23H,11H2,1-3H3. The first-order chi connectivity index (χ1) is 13.1. The number of esters is 1. The summed E-state index contributed by atoms with van der Waals surface area (Å²) in [4.78, 5) is 24.4. The minimum absolute atomic E-state index is 0.0134. The molecule has 1 heterocycles. The van der Waals surface area contributed by atoms with Gasteiger partial charge >= 0.3 is 5.97 Å². The van der Waals surface area contributed by atoms with Crippen LogP contribution in [0.25, 0.3) is 22.1 Å². The number of fused-ring (bicyclic) bond motifs is 1. The molecule has 0 bridgehead atoms. The third-order valence-corrected chi connectivity index (χ3v) is 3.78. The van der Waals surface area contributed by atoms with Gasteiger partial charge < -0.3 is 24.1 Å². The lowest BCUT2D eigenvalue weighted by Crippen LogP contribution is -2.27. The summed E-state index contributed by atoms with van der Waals surface area (Å²) >= 11 is 0. The lowest BCUT2D eigenvalue weighted by atomic mass is 10.0. The van der Waals surface area contributed by atoms with Crippen LogP contribution in [-0.4, -0.2) is 28.4 Å². The molecule has 0 unspecified atom stereocenters. The summed E-state index contributed by atoms with van der Waals surface area (Å²) in [7, 11) is 0. The Morgan fingerprint density at radius 1 is 1.11 bits per heavy atom. The molecule has 0 atom stereocenters. The van der Waals surface area contributed by atoms with Gasteiger partial charge in [0.25, 0.3) is 0 Å². The Hall–Kier alpha value is -3.48. The average Bonchev–Trinajstić information content (AvgIpc) is 2.59. The summed E-state index contributed by atoms with van der Waals surface area (Å²) in [6, 6.07) is 8.84. The van der Waals surface area contributed by atoms with E-state index in [1.807, 2.05) is 0 Å². The maximum absolute atomic E-state index is 12.7. The van der Waals surface area contributed by atoms with Crippen molar-refractivity contribution in [2.45, 2.75) is 26.4 Å². The molecule has 1 aromatic heterocycles. The van der Waals surface area contributed by atoms with Crippen LogP contribution in [0.1, 0.15) is 20.8 Å². The van der Waals surface area contributed by atoms with Crippen LogP contribution in [0.5, 0.6) is 17.2 Å². The van der Waals surface area contributed by atoms with Crippen molar-refractivity contribution in [2.24, 2.45) is 0 Å². The molecular formula is C21H20O7. The highest BCUT2D eigenvalue weighted by Gasteiger charge is 2.17. The van der Waals surface area contributed by atoms with Crippen LogP contribution < -0.4 is 10.2 Å². The molecule has 0 saturated carbocycles. The van der Waals surface area contributed by atoms with Crippen molar-refractivity contribution < 1.29 is 28.9 Å². The van der Waals surface area contributed by atoms with E-state index in [1.165, 1.54) is 12.3 Å². The second kappa shape index (κ2) is 7.26. The molecule has 0 aliphatic heterocycles. The first kappa shape index (κ1) is 19.3. The number of carbonyl (C=O) groups excluding carboxylic acids is 1. The second-order valence-corrected chi connectivity index (χ2v) is 7.22. The Kier molecular flexibility index (Phi) is 5.00. The molecule has 28 heavy (non-hydrogen) atoms. The molecule has 0 radical (unpaired) electrons. The molecule has 3 rings (SSSR count). The van der Waals surface area contributed by atoms with E-state index in [0.717, 1.165) is 6.07 Å². The highest BCUT2D eigenvalue weighted by Crippen LogP contribution is 2.30. The summed E-state index contributed by atoms with van der Waals surface area (Å²) < 4.78 is 15.9. The maximum atomic E-state index is 12.7. The largest absolute Gasteiger partial charge is 0.508 e. The van der Waals surface area contributed by atoms with Crippen LogP contribution >= 0.6 is 0 Å². The van der Waals surface area contributed by atoms with E-state index < -0.39 is 17.0 Å². The zero-order valence-corrected chi connectivity index (χ0v) is 15.7. The molecule has 2 N–H and O–H groups in total. The predicted octanol–water partition coefficient (Wildman–Crippen LogP) is 3.59. The number of phenols is 2. The Labute approximate surface area is 160 Å². The first-order valence-corrected chi connectivity index (χ1v) is 8.56. The summed E-state index contributed by atoms with van der Waals surface area (Å²) in [6.45, 7) is 5.09. The number of ether oxygens (including phenoxy) is 2. The van der Waals surface area contributed by atoms with Gasteiger partial charge in [-0.1, -0.05) is 12.1 Å². The van der Waals surface area contributed by atoms with Crippen molar-refractivity contribution in [3.63, 3.8) is 0 Å². The highest BCUT2D eigenvalue weighted by molar-refractivity contribution is 5.88. The van der Waals surface area contributed by atoms with Crippen molar-refractivity contribution in [1.29, 1.82) is 0 Å². The molecule has 0 spiro atoms. The predicted molar refractivity (Wildman–Crippen MR) is 103 cm³/mol. The maximum Gasteiger partial charge on any atom is 0.344 e.